The maximum absolute atomic E-state index is 12.2. The summed E-state index contributed by atoms with van der Waals surface area (Å²) in [7, 11) is 1.63. The van der Waals surface area contributed by atoms with Crippen LogP contribution in [0.25, 0.3) is 0 Å². The summed E-state index contributed by atoms with van der Waals surface area (Å²) in [5, 5.41) is 6.35. The third-order valence-corrected chi connectivity index (χ3v) is 3.82. The van der Waals surface area contributed by atoms with Gasteiger partial charge in [-0.25, -0.2) is 0 Å². The second kappa shape index (κ2) is 7.17. The molecule has 4 heteroatoms. The van der Waals surface area contributed by atoms with Gasteiger partial charge in [0.15, 0.2) is 0 Å². The average Bonchev–Trinajstić information content (AvgIpc) is 2.48. The summed E-state index contributed by atoms with van der Waals surface area (Å²) in [6, 6.07) is 7.72. The first-order chi connectivity index (χ1) is 9.70. The molecule has 1 aromatic rings. The summed E-state index contributed by atoms with van der Waals surface area (Å²) >= 11 is 0. The van der Waals surface area contributed by atoms with Crippen LogP contribution < -0.4 is 15.4 Å². The zero-order chi connectivity index (χ0) is 14.4. The molecule has 1 unspecified atom stereocenters. The first-order valence-corrected chi connectivity index (χ1v) is 7.40. The molecule has 1 saturated carbocycles. The lowest BCUT2D eigenvalue weighted by atomic mass is 9.95. The zero-order valence-electron chi connectivity index (χ0n) is 12.3. The highest BCUT2D eigenvalue weighted by Crippen LogP contribution is 2.24. The molecule has 0 saturated heterocycles. The number of methoxy groups -OCH3 is 1. The van der Waals surface area contributed by atoms with Crippen molar-refractivity contribution < 1.29 is 9.53 Å². The molecule has 1 aliphatic rings. The van der Waals surface area contributed by atoms with Gasteiger partial charge in [0.2, 0.25) is 5.91 Å². The van der Waals surface area contributed by atoms with Gasteiger partial charge in [-0.15, -0.1) is 0 Å². The van der Waals surface area contributed by atoms with E-state index in [1.54, 1.807) is 7.11 Å². The molecular formula is C16H24N2O2. The number of nitrogens with one attached hydrogen (secondary N) is 2. The van der Waals surface area contributed by atoms with Gasteiger partial charge in [-0.3, -0.25) is 4.79 Å². The summed E-state index contributed by atoms with van der Waals surface area (Å²) < 4.78 is 5.28. The van der Waals surface area contributed by atoms with Crippen molar-refractivity contribution in [2.45, 2.75) is 51.1 Å². The molecule has 0 bridgehead atoms. The Bertz CT molecular complexity index is 442. The van der Waals surface area contributed by atoms with E-state index in [2.05, 4.69) is 10.6 Å². The van der Waals surface area contributed by atoms with Crippen molar-refractivity contribution in [3.63, 3.8) is 0 Å². The van der Waals surface area contributed by atoms with Crippen LogP contribution in [-0.4, -0.2) is 25.1 Å². The van der Waals surface area contributed by atoms with Crippen LogP contribution in [0.3, 0.4) is 0 Å². The minimum Gasteiger partial charge on any atom is -0.495 e. The number of carbonyl (C=O) groups excluding carboxylic acids is 1. The molecule has 2 rings (SSSR count). The van der Waals surface area contributed by atoms with Gasteiger partial charge in [0.25, 0.3) is 0 Å². The second-order valence-corrected chi connectivity index (χ2v) is 5.41. The lowest BCUT2D eigenvalue weighted by Gasteiger charge is -2.25. The molecule has 2 N–H and O–H groups in total. The molecule has 1 atom stereocenters. The van der Waals surface area contributed by atoms with E-state index in [9.17, 15) is 4.79 Å². The normalized spacial score (nSPS) is 17.3. The van der Waals surface area contributed by atoms with Crippen LogP contribution >= 0.6 is 0 Å². The van der Waals surface area contributed by atoms with Crippen LogP contribution in [0, 0.1) is 0 Å². The number of benzene rings is 1. The van der Waals surface area contributed by atoms with Crippen LogP contribution in [0.1, 0.15) is 39.0 Å². The number of rotatable bonds is 5. The number of amides is 1. The Morgan fingerprint density at radius 1 is 1.25 bits per heavy atom. The van der Waals surface area contributed by atoms with Crippen molar-refractivity contribution in [3.05, 3.63) is 24.3 Å². The third-order valence-electron chi connectivity index (χ3n) is 3.82. The number of anilines is 1. The number of para-hydroxylation sites is 2. The minimum atomic E-state index is -0.270. The Morgan fingerprint density at radius 2 is 1.95 bits per heavy atom. The van der Waals surface area contributed by atoms with Crippen molar-refractivity contribution >= 4 is 11.6 Å². The largest absolute Gasteiger partial charge is 0.495 e. The molecule has 1 aliphatic carbocycles. The quantitative estimate of drug-likeness (QED) is 0.869. The molecule has 1 fully saturated rings. The Balaban J connectivity index is 1.89. The summed E-state index contributed by atoms with van der Waals surface area (Å²) in [4.78, 5) is 12.2. The Hall–Kier alpha value is -1.71. The van der Waals surface area contributed by atoms with Crippen LogP contribution in [-0.2, 0) is 4.79 Å². The fourth-order valence-electron chi connectivity index (χ4n) is 2.64. The van der Waals surface area contributed by atoms with Gasteiger partial charge in [-0.2, -0.15) is 0 Å². The average molecular weight is 276 g/mol. The minimum absolute atomic E-state index is 0.0582. The van der Waals surface area contributed by atoms with E-state index in [1.165, 1.54) is 19.3 Å². The standard InChI is InChI=1S/C16H24N2O2/c1-12(16(19)18-13-8-4-3-5-9-13)17-14-10-6-7-11-15(14)20-2/h6-7,10-13,17H,3-5,8-9H2,1-2H3,(H,18,19). The van der Waals surface area contributed by atoms with E-state index in [4.69, 9.17) is 4.74 Å². The molecule has 4 nitrogen and oxygen atoms in total. The highest BCUT2D eigenvalue weighted by Gasteiger charge is 2.20. The fourth-order valence-corrected chi connectivity index (χ4v) is 2.64. The Morgan fingerprint density at radius 3 is 2.65 bits per heavy atom. The number of ether oxygens (including phenoxy) is 1. The molecule has 1 aromatic carbocycles. The number of hydrogen-bond donors (Lipinski definition) is 2. The Labute approximate surface area is 120 Å². The van der Waals surface area contributed by atoms with Crippen molar-refractivity contribution in [1.82, 2.24) is 5.32 Å². The first kappa shape index (κ1) is 14.7. The van der Waals surface area contributed by atoms with Gasteiger partial charge in [-0.05, 0) is 31.9 Å². The maximum Gasteiger partial charge on any atom is 0.242 e. The van der Waals surface area contributed by atoms with Crippen molar-refractivity contribution in [1.29, 1.82) is 0 Å². The van der Waals surface area contributed by atoms with E-state index < -0.39 is 0 Å². The molecule has 1 amide bonds. The van der Waals surface area contributed by atoms with Gasteiger partial charge in [0, 0.05) is 6.04 Å². The van der Waals surface area contributed by atoms with E-state index >= 15 is 0 Å². The molecular weight excluding hydrogens is 252 g/mol. The van der Waals surface area contributed by atoms with Crippen LogP contribution in [0.4, 0.5) is 5.69 Å². The Kier molecular flexibility index (Phi) is 5.27. The molecule has 0 heterocycles. The number of carbonyl (C=O) groups is 1. The molecule has 0 radical (unpaired) electrons. The molecule has 0 spiro atoms. The zero-order valence-corrected chi connectivity index (χ0v) is 12.3. The summed E-state index contributed by atoms with van der Waals surface area (Å²) in [6.07, 6.45) is 5.94. The predicted molar refractivity (Wildman–Crippen MR) is 81.1 cm³/mol. The van der Waals surface area contributed by atoms with Crippen molar-refractivity contribution in [2.24, 2.45) is 0 Å². The van der Waals surface area contributed by atoms with Gasteiger partial charge < -0.3 is 15.4 Å². The van der Waals surface area contributed by atoms with E-state index in [0.29, 0.717) is 6.04 Å². The van der Waals surface area contributed by atoms with Crippen LogP contribution in [0.5, 0.6) is 5.75 Å². The van der Waals surface area contributed by atoms with Crippen molar-refractivity contribution in [3.8, 4) is 5.75 Å². The highest BCUT2D eigenvalue weighted by molar-refractivity contribution is 5.85. The SMILES string of the molecule is COc1ccccc1NC(C)C(=O)NC1CCCCC1. The highest BCUT2D eigenvalue weighted by atomic mass is 16.5. The van der Waals surface area contributed by atoms with E-state index in [1.807, 2.05) is 31.2 Å². The van der Waals surface area contributed by atoms with Crippen LogP contribution in [0.15, 0.2) is 24.3 Å². The van der Waals surface area contributed by atoms with Crippen molar-refractivity contribution in [2.75, 3.05) is 12.4 Å². The topological polar surface area (TPSA) is 50.4 Å². The van der Waals surface area contributed by atoms with E-state index in [-0.39, 0.29) is 11.9 Å². The van der Waals surface area contributed by atoms with Gasteiger partial charge in [0.1, 0.15) is 11.8 Å². The lowest BCUT2D eigenvalue weighted by molar-refractivity contribution is -0.122. The number of hydrogen-bond acceptors (Lipinski definition) is 3. The molecule has 110 valence electrons. The molecule has 20 heavy (non-hydrogen) atoms. The summed E-state index contributed by atoms with van der Waals surface area (Å²) in [6.45, 7) is 1.88. The molecule has 0 aromatic heterocycles. The maximum atomic E-state index is 12.2. The third kappa shape index (κ3) is 3.89. The molecule has 0 aliphatic heterocycles. The smallest absolute Gasteiger partial charge is 0.242 e. The van der Waals surface area contributed by atoms with Gasteiger partial charge in [0.05, 0.1) is 12.8 Å². The van der Waals surface area contributed by atoms with E-state index in [0.717, 1.165) is 24.3 Å². The summed E-state index contributed by atoms with van der Waals surface area (Å²) in [5.41, 5.74) is 0.848. The van der Waals surface area contributed by atoms with Gasteiger partial charge >= 0.3 is 0 Å². The first-order valence-electron chi connectivity index (χ1n) is 7.40. The monoisotopic (exact) mass is 276 g/mol. The van der Waals surface area contributed by atoms with Crippen LogP contribution in [0.2, 0.25) is 0 Å². The summed E-state index contributed by atoms with van der Waals surface area (Å²) in [5.74, 6) is 0.813. The van der Waals surface area contributed by atoms with Gasteiger partial charge in [-0.1, -0.05) is 31.4 Å². The fraction of sp³-hybridized carbons (Fsp3) is 0.562. The predicted octanol–water partition coefficient (Wildman–Crippen LogP) is 2.94. The lowest BCUT2D eigenvalue weighted by Crippen LogP contribution is -2.44. The second-order valence-electron chi connectivity index (χ2n) is 5.41.